The van der Waals surface area contributed by atoms with Gasteiger partial charge in [0.15, 0.2) is 0 Å². The molecule has 1 atom stereocenters. The van der Waals surface area contributed by atoms with Gasteiger partial charge in [-0.1, -0.05) is 11.6 Å². The first-order chi connectivity index (χ1) is 8.66. The Morgan fingerprint density at radius 1 is 1.47 bits per heavy atom. The normalized spacial score (nSPS) is 18.5. The van der Waals surface area contributed by atoms with E-state index in [2.05, 4.69) is 5.32 Å². The van der Waals surface area contributed by atoms with Crippen molar-refractivity contribution in [1.29, 1.82) is 0 Å². The summed E-state index contributed by atoms with van der Waals surface area (Å²) in [5.41, 5.74) is 6.58. The molecule has 4 nitrogen and oxygen atoms in total. The predicted octanol–water partition coefficient (Wildman–Crippen LogP) is 2.64. The van der Waals surface area contributed by atoms with Gasteiger partial charge in [0, 0.05) is 18.8 Å². The molecule has 0 saturated carbocycles. The van der Waals surface area contributed by atoms with Crippen LogP contribution in [0.15, 0.2) is 18.2 Å². The molecule has 0 aliphatic carbocycles. The number of ether oxygens (including phenoxy) is 1. The highest BCUT2D eigenvalue weighted by Crippen LogP contribution is 2.19. The molecule has 2 rings (SSSR count). The minimum atomic E-state index is -0.186. The van der Waals surface area contributed by atoms with Crippen LogP contribution < -0.4 is 11.1 Å². The summed E-state index contributed by atoms with van der Waals surface area (Å²) in [7, 11) is 0. The minimum Gasteiger partial charge on any atom is -0.399 e. The Morgan fingerprint density at radius 3 is 2.89 bits per heavy atom. The van der Waals surface area contributed by atoms with E-state index in [1.54, 1.807) is 18.2 Å². The summed E-state index contributed by atoms with van der Waals surface area (Å²) >= 11 is 5.97. The van der Waals surface area contributed by atoms with Crippen LogP contribution in [0.4, 0.5) is 5.69 Å². The molecule has 0 aromatic heterocycles. The first-order valence-electron chi connectivity index (χ1n) is 6.11. The molecule has 0 bridgehead atoms. The maximum Gasteiger partial charge on any atom is 0.252 e. The Morgan fingerprint density at radius 2 is 2.26 bits per heavy atom. The Labute approximate surface area is 124 Å². The van der Waals surface area contributed by atoms with Crippen LogP contribution in [0.1, 0.15) is 29.6 Å². The van der Waals surface area contributed by atoms with Crippen LogP contribution in [-0.2, 0) is 4.74 Å². The third kappa shape index (κ3) is 4.56. The molecule has 1 aromatic rings. The van der Waals surface area contributed by atoms with Gasteiger partial charge in [-0.2, -0.15) is 0 Å². The lowest BCUT2D eigenvalue weighted by Crippen LogP contribution is -2.35. The molecule has 0 spiro atoms. The number of nitrogen functional groups attached to an aromatic ring is 1. The molecule has 1 aromatic carbocycles. The molecule has 1 unspecified atom stereocenters. The van der Waals surface area contributed by atoms with Gasteiger partial charge in [-0.05, 0) is 37.5 Å². The third-order valence-electron chi connectivity index (χ3n) is 3.00. The highest BCUT2D eigenvalue weighted by molar-refractivity contribution is 6.34. The fourth-order valence-corrected chi connectivity index (χ4v) is 2.26. The van der Waals surface area contributed by atoms with Crippen molar-refractivity contribution >= 4 is 35.6 Å². The number of carbonyl (C=O) groups is 1. The van der Waals surface area contributed by atoms with Crippen LogP contribution in [-0.4, -0.2) is 25.2 Å². The number of halogens is 2. The molecule has 1 aliphatic rings. The molecule has 0 radical (unpaired) electrons. The lowest BCUT2D eigenvalue weighted by molar-refractivity contribution is 0.0169. The van der Waals surface area contributed by atoms with E-state index >= 15 is 0 Å². The van der Waals surface area contributed by atoms with Gasteiger partial charge in [-0.25, -0.2) is 0 Å². The fourth-order valence-electron chi connectivity index (χ4n) is 1.99. The van der Waals surface area contributed by atoms with Crippen molar-refractivity contribution in [2.45, 2.75) is 25.4 Å². The highest BCUT2D eigenvalue weighted by atomic mass is 35.5. The zero-order valence-electron chi connectivity index (χ0n) is 10.5. The Balaban J connectivity index is 0.00000180. The Hall–Kier alpha value is -0.970. The van der Waals surface area contributed by atoms with Crippen molar-refractivity contribution in [3.63, 3.8) is 0 Å². The number of nitrogens with two attached hydrogens (primary N) is 1. The van der Waals surface area contributed by atoms with Crippen molar-refractivity contribution in [3.8, 4) is 0 Å². The van der Waals surface area contributed by atoms with Gasteiger partial charge in [0.05, 0.1) is 16.7 Å². The maximum atomic E-state index is 11.9. The van der Waals surface area contributed by atoms with Crippen LogP contribution in [0.25, 0.3) is 0 Å². The number of hydrogen-bond acceptors (Lipinski definition) is 3. The number of anilines is 1. The van der Waals surface area contributed by atoms with Gasteiger partial charge in [-0.3, -0.25) is 4.79 Å². The summed E-state index contributed by atoms with van der Waals surface area (Å²) in [5.74, 6) is -0.186. The van der Waals surface area contributed by atoms with Crippen molar-refractivity contribution in [2.24, 2.45) is 0 Å². The molecule has 3 N–H and O–H groups in total. The summed E-state index contributed by atoms with van der Waals surface area (Å²) in [4.78, 5) is 11.9. The smallest absolute Gasteiger partial charge is 0.252 e. The molecule has 106 valence electrons. The average molecular weight is 305 g/mol. The summed E-state index contributed by atoms with van der Waals surface area (Å²) < 4.78 is 5.55. The number of hydrogen-bond donors (Lipinski definition) is 2. The van der Waals surface area contributed by atoms with Crippen LogP contribution in [0.3, 0.4) is 0 Å². The second kappa shape index (κ2) is 7.58. The largest absolute Gasteiger partial charge is 0.399 e. The molecular formula is C13H18Cl2N2O2. The molecule has 1 heterocycles. The second-order valence-corrected chi connectivity index (χ2v) is 4.85. The van der Waals surface area contributed by atoms with Crippen LogP contribution >= 0.6 is 24.0 Å². The van der Waals surface area contributed by atoms with E-state index in [1.807, 2.05) is 0 Å². The lowest BCUT2D eigenvalue weighted by Gasteiger charge is -2.22. The Bertz CT molecular complexity index is 435. The van der Waals surface area contributed by atoms with Gasteiger partial charge in [0.1, 0.15) is 0 Å². The van der Waals surface area contributed by atoms with Gasteiger partial charge in [0.2, 0.25) is 0 Å². The molecule has 6 heteroatoms. The molecular weight excluding hydrogens is 287 g/mol. The second-order valence-electron chi connectivity index (χ2n) is 4.44. The summed E-state index contributed by atoms with van der Waals surface area (Å²) in [6.45, 7) is 1.31. The number of amides is 1. The summed E-state index contributed by atoms with van der Waals surface area (Å²) in [6, 6.07) is 4.88. The molecule has 1 aliphatic heterocycles. The predicted molar refractivity (Wildman–Crippen MR) is 79.0 cm³/mol. The highest BCUT2D eigenvalue weighted by Gasteiger charge is 2.16. The van der Waals surface area contributed by atoms with E-state index in [1.165, 1.54) is 0 Å². The van der Waals surface area contributed by atoms with Crippen LogP contribution in [0.5, 0.6) is 0 Å². The monoisotopic (exact) mass is 304 g/mol. The third-order valence-corrected chi connectivity index (χ3v) is 3.31. The fraction of sp³-hybridized carbons (Fsp3) is 0.462. The topological polar surface area (TPSA) is 64.4 Å². The first kappa shape index (κ1) is 16.1. The zero-order valence-corrected chi connectivity index (χ0v) is 12.1. The number of rotatable bonds is 3. The van der Waals surface area contributed by atoms with E-state index in [0.29, 0.717) is 22.8 Å². The van der Waals surface area contributed by atoms with Crippen LogP contribution in [0, 0.1) is 0 Å². The van der Waals surface area contributed by atoms with E-state index in [0.717, 1.165) is 25.9 Å². The summed E-state index contributed by atoms with van der Waals surface area (Å²) in [6.07, 6.45) is 3.38. The standard InChI is InChI=1S/C13H17ClN2O2.ClH/c14-12-7-9(15)4-5-11(12)13(17)16-8-10-3-1-2-6-18-10;/h4-5,7,10H,1-3,6,8,15H2,(H,16,17);1H. The number of benzene rings is 1. The van der Waals surface area contributed by atoms with Crippen molar-refractivity contribution in [1.82, 2.24) is 5.32 Å². The maximum absolute atomic E-state index is 11.9. The molecule has 1 fully saturated rings. The van der Waals surface area contributed by atoms with Crippen molar-refractivity contribution in [3.05, 3.63) is 28.8 Å². The van der Waals surface area contributed by atoms with E-state index < -0.39 is 0 Å². The van der Waals surface area contributed by atoms with Gasteiger partial charge >= 0.3 is 0 Å². The van der Waals surface area contributed by atoms with Crippen molar-refractivity contribution < 1.29 is 9.53 Å². The van der Waals surface area contributed by atoms with E-state index in [9.17, 15) is 4.79 Å². The first-order valence-corrected chi connectivity index (χ1v) is 6.49. The van der Waals surface area contributed by atoms with E-state index in [-0.39, 0.29) is 24.4 Å². The molecule has 19 heavy (non-hydrogen) atoms. The zero-order chi connectivity index (χ0) is 13.0. The lowest BCUT2D eigenvalue weighted by atomic mass is 10.1. The molecule has 1 amide bonds. The van der Waals surface area contributed by atoms with Crippen LogP contribution in [0.2, 0.25) is 5.02 Å². The SMILES string of the molecule is Cl.Nc1ccc(C(=O)NCC2CCCCO2)c(Cl)c1. The Kier molecular flexibility index (Phi) is 6.42. The van der Waals surface area contributed by atoms with Crippen molar-refractivity contribution in [2.75, 3.05) is 18.9 Å². The summed E-state index contributed by atoms with van der Waals surface area (Å²) in [5, 5.41) is 3.21. The number of carbonyl (C=O) groups excluding carboxylic acids is 1. The van der Waals surface area contributed by atoms with Gasteiger partial charge < -0.3 is 15.8 Å². The minimum absolute atomic E-state index is 0. The van der Waals surface area contributed by atoms with Gasteiger partial charge in [-0.15, -0.1) is 12.4 Å². The molecule has 1 saturated heterocycles. The average Bonchev–Trinajstić information content (AvgIpc) is 2.37. The number of nitrogens with one attached hydrogen (secondary N) is 1. The quantitative estimate of drug-likeness (QED) is 0.844. The van der Waals surface area contributed by atoms with E-state index in [4.69, 9.17) is 22.1 Å². The van der Waals surface area contributed by atoms with Gasteiger partial charge in [0.25, 0.3) is 5.91 Å².